The van der Waals surface area contributed by atoms with E-state index >= 15 is 0 Å². The summed E-state index contributed by atoms with van der Waals surface area (Å²) in [6.45, 7) is 2.74. The minimum Gasteiger partial charge on any atom is -0.497 e. The van der Waals surface area contributed by atoms with Gasteiger partial charge in [0.25, 0.3) is 0 Å². The standard InChI is InChI=1S/C32H34Cl2N4O3/c1-40-26-14-15-27(28(20-26)41-25-4-2-3-5-25)31-36-29(21-6-10-23(33)11-7-21)30(22-8-12-24(34)13-9-22)38(31)32(39)37-18-16-35-17-19-37/h6-15,20,25,29-30,35H,2-5,16-19H2,1H3/t29-,30+/m1/s1. The number of rotatable bonds is 6. The van der Waals surface area contributed by atoms with E-state index in [-0.39, 0.29) is 18.2 Å². The van der Waals surface area contributed by atoms with Crippen LogP contribution in [0.4, 0.5) is 4.79 Å². The Morgan fingerprint density at radius 3 is 2.17 bits per heavy atom. The number of amides is 2. The molecule has 1 aliphatic carbocycles. The number of amidine groups is 1. The lowest BCUT2D eigenvalue weighted by molar-refractivity contribution is 0.157. The lowest BCUT2D eigenvalue weighted by atomic mass is 9.93. The van der Waals surface area contributed by atoms with Crippen LogP contribution in [0.15, 0.2) is 71.7 Å². The molecule has 1 saturated heterocycles. The monoisotopic (exact) mass is 592 g/mol. The van der Waals surface area contributed by atoms with Crippen molar-refractivity contribution in [2.75, 3.05) is 33.3 Å². The molecule has 214 valence electrons. The van der Waals surface area contributed by atoms with Crippen LogP contribution < -0.4 is 14.8 Å². The van der Waals surface area contributed by atoms with Crippen LogP contribution in [-0.2, 0) is 0 Å². The molecule has 2 fully saturated rings. The predicted molar refractivity (Wildman–Crippen MR) is 162 cm³/mol. The summed E-state index contributed by atoms with van der Waals surface area (Å²) >= 11 is 12.6. The molecule has 9 heteroatoms. The van der Waals surface area contributed by atoms with Gasteiger partial charge in [-0.3, -0.25) is 9.89 Å². The molecule has 41 heavy (non-hydrogen) atoms. The van der Waals surface area contributed by atoms with E-state index < -0.39 is 6.04 Å². The number of hydrogen-bond acceptors (Lipinski definition) is 5. The van der Waals surface area contributed by atoms with Crippen LogP contribution in [0.2, 0.25) is 10.0 Å². The number of nitrogens with zero attached hydrogens (tertiary/aromatic N) is 3. The van der Waals surface area contributed by atoms with E-state index in [1.165, 1.54) is 0 Å². The van der Waals surface area contributed by atoms with Gasteiger partial charge in [-0.2, -0.15) is 0 Å². The molecule has 2 aliphatic heterocycles. The van der Waals surface area contributed by atoms with Crippen molar-refractivity contribution in [1.29, 1.82) is 0 Å². The Hall–Kier alpha value is -3.26. The quantitative estimate of drug-likeness (QED) is 0.338. The number of piperazine rings is 1. The summed E-state index contributed by atoms with van der Waals surface area (Å²) in [5.74, 6) is 1.97. The van der Waals surface area contributed by atoms with Crippen molar-refractivity contribution >= 4 is 35.1 Å². The van der Waals surface area contributed by atoms with E-state index in [4.69, 9.17) is 37.7 Å². The van der Waals surface area contributed by atoms with Gasteiger partial charge in [0.05, 0.1) is 24.8 Å². The molecule has 3 aromatic rings. The van der Waals surface area contributed by atoms with Crippen molar-refractivity contribution in [3.05, 3.63) is 93.5 Å². The Balaban J connectivity index is 1.51. The third-order valence-electron chi connectivity index (χ3n) is 8.11. The number of methoxy groups -OCH3 is 1. The minimum atomic E-state index is -0.396. The zero-order chi connectivity index (χ0) is 28.3. The van der Waals surface area contributed by atoms with Gasteiger partial charge >= 0.3 is 6.03 Å². The van der Waals surface area contributed by atoms with Gasteiger partial charge in [0, 0.05) is 42.3 Å². The molecule has 2 heterocycles. The van der Waals surface area contributed by atoms with Crippen LogP contribution in [0, 0.1) is 0 Å². The fourth-order valence-electron chi connectivity index (χ4n) is 5.96. The number of nitrogens with one attached hydrogen (secondary N) is 1. The second-order valence-corrected chi connectivity index (χ2v) is 11.6. The topological polar surface area (TPSA) is 66.4 Å². The Labute approximate surface area is 251 Å². The fourth-order valence-corrected chi connectivity index (χ4v) is 6.21. The van der Waals surface area contributed by atoms with Gasteiger partial charge in [-0.05, 0) is 73.2 Å². The van der Waals surface area contributed by atoms with Crippen LogP contribution in [-0.4, -0.2) is 61.1 Å². The minimum absolute atomic E-state index is 0.0794. The fraction of sp³-hybridized carbons (Fsp3) is 0.375. The number of carbonyl (C=O) groups excluding carboxylic acids is 1. The second kappa shape index (κ2) is 12.3. The van der Waals surface area contributed by atoms with Crippen LogP contribution in [0.5, 0.6) is 11.5 Å². The molecular weight excluding hydrogens is 559 g/mol. The van der Waals surface area contributed by atoms with Crippen molar-refractivity contribution in [2.45, 2.75) is 43.9 Å². The Bertz CT molecular complexity index is 1400. The predicted octanol–water partition coefficient (Wildman–Crippen LogP) is 6.89. The summed E-state index contributed by atoms with van der Waals surface area (Å²) in [5.41, 5.74) is 2.69. The highest BCUT2D eigenvalue weighted by molar-refractivity contribution is 6.30. The Morgan fingerprint density at radius 2 is 1.54 bits per heavy atom. The van der Waals surface area contributed by atoms with Gasteiger partial charge in [0.15, 0.2) is 0 Å². The van der Waals surface area contributed by atoms with Gasteiger partial charge in [-0.15, -0.1) is 0 Å². The highest BCUT2D eigenvalue weighted by atomic mass is 35.5. The third kappa shape index (κ3) is 5.89. The molecule has 0 spiro atoms. The lowest BCUT2D eigenvalue weighted by Crippen LogP contribution is -2.53. The highest BCUT2D eigenvalue weighted by Crippen LogP contribution is 2.46. The summed E-state index contributed by atoms with van der Waals surface area (Å²) in [5, 5.41) is 4.64. The van der Waals surface area contributed by atoms with E-state index in [1.54, 1.807) is 7.11 Å². The van der Waals surface area contributed by atoms with E-state index in [9.17, 15) is 4.79 Å². The maximum Gasteiger partial charge on any atom is 0.326 e. The molecule has 0 radical (unpaired) electrons. The average Bonchev–Trinajstić information content (AvgIpc) is 3.66. The highest BCUT2D eigenvalue weighted by Gasteiger charge is 2.44. The van der Waals surface area contributed by atoms with E-state index in [2.05, 4.69) is 5.32 Å². The van der Waals surface area contributed by atoms with E-state index in [0.29, 0.717) is 40.5 Å². The van der Waals surface area contributed by atoms with E-state index in [0.717, 1.165) is 55.5 Å². The van der Waals surface area contributed by atoms with Crippen LogP contribution in [0.25, 0.3) is 0 Å². The zero-order valence-electron chi connectivity index (χ0n) is 23.1. The van der Waals surface area contributed by atoms with E-state index in [1.807, 2.05) is 76.5 Å². The first kappa shape index (κ1) is 27.9. The molecule has 0 unspecified atom stereocenters. The van der Waals surface area contributed by atoms with Crippen LogP contribution in [0.3, 0.4) is 0 Å². The molecule has 1 N–H and O–H groups in total. The van der Waals surface area contributed by atoms with Crippen LogP contribution >= 0.6 is 23.2 Å². The molecular formula is C32H34Cl2N4O3. The maximum absolute atomic E-state index is 14.5. The molecule has 1 saturated carbocycles. The van der Waals surface area contributed by atoms with Crippen molar-refractivity contribution in [3.8, 4) is 11.5 Å². The summed E-state index contributed by atoms with van der Waals surface area (Å²) in [4.78, 5) is 23.5. The van der Waals surface area contributed by atoms with Crippen molar-refractivity contribution in [3.63, 3.8) is 0 Å². The second-order valence-electron chi connectivity index (χ2n) is 10.7. The number of hydrogen-bond donors (Lipinski definition) is 1. The molecule has 2 atom stereocenters. The van der Waals surface area contributed by atoms with Gasteiger partial charge in [0.2, 0.25) is 0 Å². The van der Waals surface area contributed by atoms with Gasteiger partial charge in [0.1, 0.15) is 23.4 Å². The summed E-state index contributed by atoms with van der Waals surface area (Å²) in [7, 11) is 1.65. The summed E-state index contributed by atoms with van der Waals surface area (Å²) < 4.78 is 12.2. The number of aliphatic imine (C=N–C) groups is 1. The number of urea groups is 1. The normalized spacial score (nSPS) is 21.2. The zero-order valence-corrected chi connectivity index (χ0v) is 24.6. The van der Waals surface area contributed by atoms with Gasteiger partial charge in [-0.1, -0.05) is 47.5 Å². The first-order chi connectivity index (χ1) is 20.0. The van der Waals surface area contributed by atoms with Crippen LogP contribution in [0.1, 0.15) is 54.5 Å². The Morgan fingerprint density at radius 1 is 0.902 bits per heavy atom. The molecule has 3 aliphatic rings. The number of benzene rings is 3. The smallest absolute Gasteiger partial charge is 0.326 e. The molecule has 3 aromatic carbocycles. The lowest BCUT2D eigenvalue weighted by Gasteiger charge is -2.36. The molecule has 7 nitrogen and oxygen atoms in total. The summed E-state index contributed by atoms with van der Waals surface area (Å²) in [6, 6.07) is 20.3. The summed E-state index contributed by atoms with van der Waals surface area (Å²) in [6.07, 6.45) is 4.44. The maximum atomic E-state index is 14.5. The molecule has 2 amide bonds. The number of ether oxygens (including phenoxy) is 2. The Kier molecular flexibility index (Phi) is 8.37. The largest absolute Gasteiger partial charge is 0.497 e. The third-order valence-corrected chi connectivity index (χ3v) is 8.61. The van der Waals surface area contributed by atoms with Gasteiger partial charge < -0.3 is 19.7 Å². The number of halogens is 2. The molecule has 0 bridgehead atoms. The van der Waals surface area contributed by atoms with Crippen molar-refractivity contribution in [1.82, 2.24) is 15.1 Å². The van der Waals surface area contributed by atoms with Crippen molar-refractivity contribution < 1.29 is 14.3 Å². The molecule has 6 rings (SSSR count). The van der Waals surface area contributed by atoms with Crippen molar-refractivity contribution in [2.24, 2.45) is 4.99 Å². The van der Waals surface area contributed by atoms with Gasteiger partial charge in [-0.25, -0.2) is 4.79 Å². The average molecular weight is 594 g/mol. The SMILES string of the molecule is COc1ccc(C2=N[C@H](c3ccc(Cl)cc3)[C@H](c3ccc(Cl)cc3)N2C(=O)N2CCNCC2)c(OC2CCCC2)c1. The first-order valence-corrected chi connectivity index (χ1v) is 15.0. The molecule has 0 aromatic heterocycles. The number of carbonyl (C=O) groups is 1. The first-order valence-electron chi connectivity index (χ1n) is 14.2.